The van der Waals surface area contributed by atoms with Crippen LogP contribution in [0.25, 0.3) is 5.78 Å². The van der Waals surface area contributed by atoms with Crippen molar-refractivity contribution in [2.24, 2.45) is 0 Å². The summed E-state index contributed by atoms with van der Waals surface area (Å²) >= 11 is 0. The largest absolute Gasteiger partial charge is 0.455 e. The van der Waals surface area contributed by atoms with Gasteiger partial charge in [-0.15, -0.1) is 5.10 Å². The lowest BCUT2D eigenvalue weighted by atomic mass is 10.3. The van der Waals surface area contributed by atoms with Gasteiger partial charge in [0.1, 0.15) is 5.75 Å². The Balaban J connectivity index is 1.61. The summed E-state index contributed by atoms with van der Waals surface area (Å²) in [6.45, 7) is 3.76. The number of hydrogen-bond acceptors (Lipinski definition) is 5. The van der Waals surface area contributed by atoms with E-state index in [0.717, 1.165) is 11.4 Å². The second kappa shape index (κ2) is 6.87. The van der Waals surface area contributed by atoms with Crippen LogP contribution < -0.4 is 10.1 Å². The van der Waals surface area contributed by atoms with E-state index >= 15 is 0 Å². The number of nitrogens with zero attached hydrogens (tertiary/aromatic N) is 4. The summed E-state index contributed by atoms with van der Waals surface area (Å²) in [6, 6.07) is 18.5. The normalized spacial score (nSPS) is 10.7. The van der Waals surface area contributed by atoms with Gasteiger partial charge in [0.25, 0.3) is 11.7 Å². The molecule has 7 nitrogen and oxygen atoms in total. The van der Waals surface area contributed by atoms with Crippen LogP contribution in [0.1, 0.15) is 22.0 Å². The summed E-state index contributed by atoms with van der Waals surface area (Å²) in [4.78, 5) is 21.2. The number of carbonyl (C=O) groups excluding carboxylic acids is 1. The number of hydrogen-bond donors (Lipinski definition) is 1. The van der Waals surface area contributed by atoms with Crippen molar-refractivity contribution >= 4 is 17.4 Å². The molecule has 27 heavy (non-hydrogen) atoms. The van der Waals surface area contributed by atoms with E-state index in [1.807, 2.05) is 62.4 Å². The van der Waals surface area contributed by atoms with E-state index in [9.17, 15) is 4.79 Å². The first-order valence-electron chi connectivity index (χ1n) is 8.44. The Morgan fingerprint density at radius 3 is 2.56 bits per heavy atom. The predicted octanol–water partition coefficient (Wildman–Crippen LogP) is 3.79. The van der Waals surface area contributed by atoms with Crippen LogP contribution in [0.3, 0.4) is 0 Å². The molecule has 4 aromatic rings. The van der Waals surface area contributed by atoms with Crippen molar-refractivity contribution in [3.8, 4) is 11.5 Å². The van der Waals surface area contributed by atoms with Crippen molar-refractivity contribution in [2.75, 3.05) is 5.32 Å². The fourth-order valence-corrected chi connectivity index (χ4v) is 2.72. The van der Waals surface area contributed by atoms with Crippen LogP contribution in [-0.4, -0.2) is 25.5 Å². The topological polar surface area (TPSA) is 81.4 Å². The van der Waals surface area contributed by atoms with Crippen molar-refractivity contribution in [2.45, 2.75) is 13.8 Å². The zero-order chi connectivity index (χ0) is 18.8. The number of nitrogens with one attached hydrogen (secondary N) is 1. The summed E-state index contributed by atoms with van der Waals surface area (Å²) in [5.74, 6) is 1.23. The molecule has 7 heteroatoms. The van der Waals surface area contributed by atoms with Gasteiger partial charge >= 0.3 is 0 Å². The highest BCUT2D eigenvalue weighted by Gasteiger charge is 2.17. The van der Waals surface area contributed by atoms with Crippen molar-refractivity contribution < 1.29 is 9.53 Å². The highest BCUT2D eigenvalue weighted by Crippen LogP contribution is 2.29. The average Bonchev–Trinajstić information content (AvgIpc) is 3.09. The monoisotopic (exact) mass is 359 g/mol. The summed E-state index contributed by atoms with van der Waals surface area (Å²) in [5.41, 5.74) is 2.21. The minimum absolute atomic E-state index is 0.0470. The third-order valence-electron chi connectivity index (χ3n) is 3.93. The Morgan fingerprint density at radius 1 is 1.00 bits per heavy atom. The highest BCUT2D eigenvalue weighted by molar-refractivity contribution is 6.02. The minimum atomic E-state index is -0.429. The van der Waals surface area contributed by atoms with Crippen molar-refractivity contribution in [1.29, 1.82) is 0 Å². The fourth-order valence-electron chi connectivity index (χ4n) is 2.72. The number of aromatic nitrogens is 4. The molecular weight excluding hydrogens is 342 g/mol. The molecule has 0 bridgehead atoms. The second-order valence-corrected chi connectivity index (χ2v) is 6.05. The predicted molar refractivity (Wildman–Crippen MR) is 101 cm³/mol. The lowest BCUT2D eigenvalue weighted by molar-refractivity contribution is 0.101. The molecule has 0 radical (unpaired) electrons. The zero-order valence-corrected chi connectivity index (χ0v) is 14.9. The highest BCUT2D eigenvalue weighted by atomic mass is 16.5. The Morgan fingerprint density at radius 2 is 1.74 bits per heavy atom. The molecular formula is C20H17N5O2. The standard InChI is InChI=1S/C20H17N5O2/c1-13-12-14(2)25-20(21-13)23-18(24-25)19(26)22-16-10-6-7-11-17(16)27-15-8-4-3-5-9-15/h3-12H,1-2H3,(H,22,26). The summed E-state index contributed by atoms with van der Waals surface area (Å²) < 4.78 is 7.42. The maximum atomic E-state index is 12.7. The Hall–Kier alpha value is -3.74. The molecule has 1 N–H and O–H groups in total. The van der Waals surface area contributed by atoms with Crippen LogP contribution in [0.15, 0.2) is 60.7 Å². The van der Waals surface area contributed by atoms with Gasteiger partial charge in [0.15, 0.2) is 5.75 Å². The molecule has 0 fully saturated rings. The summed E-state index contributed by atoms with van der Waals surface area (Å²) in [5, 5.41) is 7.07. The van der Waals surface area contributed by atoms with Gasteiger partial charge in [-0.1, -0.05) is 30.3 Å². The van der Waals surface area contributed by atoms with Gasteiger partial charge in [0.05, 0.1) is 5.69 Å². The number of rotatable bonds is 4. The smallest absolute Gasteiger partial charge is 0.295 e. The first-order valence-corrected chi connectivity index (χ1v) is 8.44. The lowest BCUT2D eigenvalue weighted by Crippen LogP contribution is -2.14. The third-order valence-corrected chi connectivity index (χ3v) is 3.93. The number of aryl methyl sites for hydroxylation is 2. The summed E-state index contributed by atoms with van der Waals surface area (Å²) in [6.07, 6.45) is 0. The molecule has 2 heterocycles. The molecule has 4 rings (SSSR count). The van der Waals surface area contributed by atoms with Gasteiger partial charge in [0, 0.05) is 11.4 Å². The quantitative estimate of drug-likeness (QED) is 0.600. The van der Waals surface area contributed by atoms with Gasteiger partial charge in [-0.05, 0) is 44.2 Å². The van der Waals surface area contributed by atoms with E-state index in [2.05, 4.69) is 20.4 Å². The van der Waals surface area contributed by atoms with Crippen LogP contribution in [0, 0.1) is 13.8 Å². The van der Waals surface area contributed by atoms with Crippen LogP contribution in [0.2, 0.25) is 0 Å². The molecule has 0 spiro atoms. The van der Waals surface area contributed by atoms with Gasteiger partial charge in [-0.25, -0.2) is 9.50 Å². The van der Waals surface area contributed by atoms with Crippen LogP contribution >= 0.6 is 0 Å². The number of ether oxygens (including phenoxy) is 1. The average molecular weight is 359 g/mol. The van der Waals surface area contributed by atoms with Gasteiger partial charge in [-0.2, -0.15) is 4.98 Å². The molecule has 0 saturated heterocycles. The van der Waals surface area contributed by atoms with E-state index in [1.54, 1.807) is 16.6 Å². The minimum Gasteiger partial charge on any atom is -0.455 e. The van der Waals surface area contributed by atoms with Crippen LogP contribution in [0.5, 0.6) is 11.5 Å². The van der Waals surface area contributed by atoms with E-state index < -0.39 is 5.91 Å². The maximum Gasteiger partial charge on any atom is 0.295 e. The Kier molecular flexibility index (Phi) is 4.25. The third kappa shape index (κ3) is 3.48. The second-order valence-electron chi connectivity index (χ2n) is 6.05. The number of anilines is 1. The summed E-state index contributed by atoms with van der Waals surface area (Å²) in [7, 11) is 0. The van der Waals surface area contributed by atoms with Crippen LogP contribution in [0.4, 0.5) is 5.69 Å². The molecule has 0 aliphatic carbocycles. The molecule has 0 unspecified atom stereocenters. The first kappa shape index (κ1) is 16.7. The van der Waals surface area contributed by atoms with Crippen molar-refractivity contribution in [3.05, 3.63) is 77.9 Å². The van der Waals surface area contributed by atoms with E-state index in [1.165, 1.54) is 0 Å². The number of fused-ring (bicyclic) bond motifs is 1. The SMILES string of the molecule is Cc1cc(C)n2nc(C(=O)Nc3ccccc3Oc3ccccc3)nc2n1. The molecule has 0 atom stereocenters. The Labute approximate surface area is 155 Å². The van der Waals surface area contributed by atoms with Crippen molar-refractivity contribution in [1.82, 2.24) is 19.6 Å². The van der Waals surface area contributed by atoms with Crippen molar-refractivity contribution in [3.63, 3.8) is 0 Å². The fraction of sp³-hybridized carbons (Fsp3) is 0.100. The zero-order valence-electron chi connectivity index (χ0n) is 14.9. The van der Waals surface area contributed by atoms with E-state index in [4.69, 9.17) is 4.74 Å². The van der Waals surface area contributed by atoms with E-state index in [0.29, 0.717) is 23.0 Å². The van der Waals surface area contributed by atoms with Crippen LogP contribution in [-0.2, 0) is 0 Å². The number of benzene rings is 2. The molecule has 0 saturated carbocycles. The number of carbonyl (C=O) groups is 1. The number of amides is 1. The Bertz CT molecular complexity index is 1120. The maximum absolute atomic E-state index is 12.7. The van der Waals surface area contributed by atoms with Gasteiger partial charge in [-0.3, -0.25) is 4.79 Å². The first-order chi connectivity index (χ1) is 13.1. The lowest BCUT2D eigenvalue weighted by Gasteiger charge is -2.11. The molecule has 0 aliphatic rings. The molecule has 134 valence electrons. The number of para-hydroxylation sites is 3. The van der Waals surface area contributed by atoms with Gasteiger partial charge in [0.2, 0.25) is 5.82 Å². The molecule has 1 amide bonds. The molecule has 0 aliphatic heterocycles. The molecule has 2 aromatic heterocycles. The van der Waals surface area contributed by atoms with Gasteiger partial charge < -0.3 is 10.1 Å². The van der Waals surface area contributed by atoms with E-state index in [-0.39, 0.29) is 5.82 Å². The molecule has 2 aromatic carbocycles.